The third-order valence-electron chi connectivity index (χ3n) is 7.80. The Labute approximate surface area is 168 Å². The lowest BCUT2D eigenvalue weighted by atomic mass is 9.50. The van der Waals surface area contributed by atoms with Crippen molar-refractivity contribution in [2.45, 2.75) is 32.1 Å². The van der Waals surface area contributed by atoms with Gasteiger partial charge < -0.3 is 0 Å². The molecule has 5 aliphatic rings. The summed E-state index contributed by atoms with van der Waals surface area (Å²) in [6.45, 7) is 0. The first-order chi connectivity index (χ1) is 13.8. The van der Waals surface area contributed by atoms with Crippen LogP contribution in [0.5, 0.6) is 0 Å². The van der Waals surface area contributed by atoms with E-state index in [0.29, 0.717) is 0 Å². The Bertz CT molecular complexity index is 888. The molecule has 0 aromatic heterocycles. The Morgan fingerprint density at radius 3 is 1.68 bits per heavy atom. The molecule has 2 aromatic carbocycles. The van der Waals surface area contributed by atoms with E-state index in [9.17, 15) is 0 Å². The Morgan fingerprint density at radius 2 is 1.14 bits per heavy atom. The van der Waals surface area contributed by atoms with Crippen molar-refractivity contribution in [1.82, 2.24) is 0 Å². The predicted molar refractivity (Wildman–Crippen MR) is 117 cm³/mol. The van der Waals surface area contributed by atoms with Gasteiger partial charge in [-0.1, -0.05) is 78.9 Å². The van der Waals surface area contributed by atoms with Crippen molar-refractivity contribution in [3.63, 3.8) is 0 Å². The second-order valence-electron chi connectivity index (χ2n) is 9.50. The molecule has 4 saturated carbocycles. The summed E-state index contributed by atoms with van der Waals surface area (Å²) < 4.78 is 0. The van der Waals surface area contributed by atoms with Gasteiger partial charge in [-0.15, -0.1) is 0 Å². The molecule has 0 aliphatic heterocycles. The monoisotopic (exact) mass is 364 g/mol. The van der Waals surface area contributed by atoms with Crippen LogP contribution in [-0.2, 0) is 0 Å². The molecule has 0 radical (unpaired) electrons. The highest BCUT2D eigenvalue weighted by Crippen LogP contribution is 2.59. The largest absolute Gasteiger partial charge is 0.0622 e. The second kappa shape index (κ2) is 6.62. The van der Waals surface area contributed by atoms with Gasteiger partial charge in [0.15, 0.2) is 0 Å². The first kappa shape index (κ1) is 16.6. The van der Waals surface area contributed by atoms with Crippen LogP contribution in [-0.4, -0.2) is 0 Å². The van der Waals surface area contributed by atoms with Crippen LogP contribution in [0.2, 0.25) is 0 Å². The van der Waals surface area contributed by atoms with Gasteiger partial charge in [0.05, 0.1) is 0 Å². The summed E-state index contributed by atoms with van der Waals surface area (Å²) >= 11 is 0. The van der Waals surface area contributed by atoms with Gasteiger partial charge in [-0.25, -0.2) is 0 Å². The van der Waals surface area contributed by atoms with Crippen molar-refractivity contribution in [3.8, 4) is 0 Å². The maximum Gasteiger partial charge on any atom is -0.00388 e. The quantitative estimate of drug-likeness (QED) is 0.547. The number of rotatable bonds is 3. The molecule has 0 spiro atoms. The lowest BCUT2D eigenvalue weighted by molar-refractivity contribution is -0.0193. The molecule has 0 nitrogen and oxygen atoms in total. The van der Waals surface area contributed by atoms with E-state index in [0.717, 1.165) is 29.6 Å². The molecule has 0 saturated heterocycles. The van der Waals surface area contributed by atoms with Crippen LogP contribution in [0.4, 0.5) is 0 Å². The minimum absolute atomic E-state index is 0.814. The second-order valence-corrected chi connectivity index (χ2v) is 9.50. The van der Waals surface area contributed by atoms with Crippen molar-refractivity contribution in [3.05, 3.63) is 101 Å². The first-order valence-electron chi connectivity index (χ1n) is 11.1. The number of benzene rings is 2. The average Bonchev–Trinajstić information content (AvgIpc) is 3.18. The van der Waals surface area contributed by atoms with Crippen LogP contribution in [0.25, 0.3) is 5.57 Å². The highest BCUT2D eigenvalue weighted by Gasteiger charge is 2.49. The van der Waals surface area contributed by atoms with Crippen LogP contribution < -0.4 is 0 Å². The van der Waals surface area contributed by atoms with Crippen molar-refractivity contribution in [2.24, 2.45) is 29.6 Å². The molecule has 0 amide bonds. The smallest absolute Gasteiger partial charge is 0.00388 e. The van der Waals surface area contributed by atoms with Gasteiger partial charge in [0.25, 0.3) is 0 Å². The van der Waals surface area contributed by atoms with Crippen molar-refractivity contribution in [2.75, 3.05) is 0 Å². The fraction of sp³-hybridized carbons (Fsp3) is 0.357. The molecule has 28 heavy (non-hydrogen) atoms. The van der Waals surface area contributed by atoms with Crippen LogP contribution in [0, 0.1) is 29.6 Å². The highest BCUT2D eigenvalue weighted by molar-refractivity contribution is 5.86. The summed E-state index contributed by atoms with van der Waals surface area (Å²) in [4.78, 5) is 0. The Morgan fingerprint density at radius 1 is 0.607 bits per heavy atom. The first-order valence-corrected chi connectivity index (χ1v) is 11.1. The van der Waals surface area contributed by atoms with Crippen molar-refractivity contribution >= 4 is 5.57 Å². The summed E-state index contributed by atoms with van der Waals surface area (Å²) in [6.07, 6.45) is 14.9. The van der Waals surface area contributed by atoms with Gasteiger partial charge in [-0.05, 0) is 89.5 Å². The molecule has 140 valence electrons. The molecule has 4 fully saturated rings. The zero-order valence-corrected chi connectivity index (χ0v) is 16.4. The number of allylic oxidation sites excluding steroid dienone is 5. The molecule has 0 N–H and O–H groups in total. The third kappa shape index (κ3) is 2.73. The molecule has 0 atom stereocenters. The molecule has 4 bridgehead atoms. The van der Waals surface area contributed by atoms with Crippen molar-refractivity contribution < 1.29 is 0 Å². The minimum Gasteiger partial charge on any atom is -0.0622 e. The molecular formula is C28H28. The summed E-state index contributed by atoms with van der Waals surface area (Å²) in [7, 11) is 0. The summed E-state index contributed by atoms with van der Waals surface area (Å²) in [5, 5.41) is 0. The highest BCUT2D eigenvalue weighted by atomic mass is 14.5. The van der Waals surface area contributed by atoms with E-state index in [1.165, 1.54) is 54.4 Å². The predicted octanol–water partition coefficient (Wildman–Crippen LogP) is 7.06. The van der Waals surface area contributed by atoms with E-state index in [1.807, 2.05) is 0 Å². The van der Waals surface area contributed by atoms with Crippen LogP contribution in [0.3, 0.4) is 0 Å². The maximum atomic E-state index is 2.53. The van der Waals surface area contributed by atoms with E-state index >= 15 is 0 Å². The van der Waals surface area contributed by atoms with Gasteiger partial charge in [-0.3, -0.25) is 0 Å². The topological polar surface area (TPSA) is 0 Å². The molecule has 0 heteroatoms. The fourth-order valence-electron chi connectivity index (χ4n) is 7.00. The van der Waals surface area contributed by atoms with E-state index in [2.05, 4.69) is 78.9 Å². The zero-order valence-electron chi connectivity index (χ0n) is 16.4. The van der Waals surface area contributed by atoms with Gasteiger partial charge in [0.1, 0.15) is 0 Å². The van der Waals surface area contributed by atoms with Crippen molar-refractivity contribution in [1.29, 1.82) is 0 Å². The lowest BCUT2D eigenvalue weighted by Gasteiger charge is -2.54. The third-order valence-corrected chi connectivity index (χ3v) is 7.80. The van der Waals surface area contributed by atoms with E-state index in [4.69, 9.17) is 0 Å². The van der Waals surface area contributed by atoms with Crippen LogP contribution in [0.1, 0.15) is 43.2 Å². The maximum absolute atomic E-state index is 2.53. The van der Waals surface area contributed by atoms with E-state index in [1.54, 1.807) is 5.57 Å². The average molecular weight is 365 g/mol. The molecular weight excluding hydrogens is 336 g/mol. The zero-order chi connectivity index (χ0) is 18.5. The Balaban J connectivity index is 1.42. The molecule has 0 heterocycles. The minimum atomic E-state index is 0.814. The van der Waals surface area contributed by atoms with Crippen LogP contribution in [0.15, 0.2) is 90.0 Å². The standard InChI is InChI=1S/C28H28/c1-3-7-21(8-4-1)27(22-9-5-2-6-10-22)23-11-12-24(18-23)28-25-14-19-13-20(16-25)17-26(28)15-19/h1-12,18-20,25-26,28H,13-17H2. The summed E-state index contributed by atoms with van der Waals surface area (Å²) in [6, 6.07) is 21.8. The Kier molecular flexibility index (Phi) is 3.93. The summed E-state index contributed by atoms with van der Waals surface area (Å²) in [5.74, 6) is 4.80. The normalized spacial score (nSPS) is 32.6. The van der Waals surface area contributed by atoms with E-state index < -0.39 is 0 Å². The van der Waals surface area contributed by atoms with E-state index in [-0.39, 0.29) is 0 Å². The lowest BCUT2D eigenvalue weighted by Crippen LogP contribution is -2.45. The number of hydrogen-bond donors (Lipinski definition) is 0. The summed E-state index contributed by atoms with van der Waals surface area (Å²) in [5.41, 5.74) is 7.01. The molecule has 2 aromatic rings. The molecule has 0 unspecified atom stereocenters. The number of hydrogen-bond acceptors (Lipinski definition) is 0. The van der Waals surface area contributed by atoms with Crippen LogP contribution >= 0.6 is 0 Å². The molecule has 7 rings (SSSR count). The van der Waals surface area contributed by atoms with Gasteiger partial charge in [-0.2, -0.15) is 0 Å². The van der Waals surface area contributed by atoms with Gasteiger partial charge in [0, 0.05) is 0 Å². The Hall–Kier alpha value is -2.34. The fourth-order valence-corrected chi connectivity index (χ4v) is 7.00. The van der Waals surface area contributed by atoms with Gasteiger partial charge in [0.2, 0.25) is 0 Å². The molecule has 5 aliphatic carbocycles. The SMILES string of the molecule is C1=CC(=C(c2ccccc2)c2ccccc2)C=C1C1C2CC3CC(C2)CC1C3. The van der Waals surface area contributed by atoms with Gasteiger partial charge >= 0.3 is 0 Å².